The van der Waals surface area contributed by atoms with Crippen molar-refractivity contribution in [2.45, 2.75) is 0 Å². The fourth-order valence-corrected chi connectivity index (χ4v) is 0. The highest BCUT2D eigenvalue weighted by atomic mass is 32.1. The summed E-state index contributed by atoms with van der Waals surface area (Å²) in [6.45, 7) is 0. The van der Waals surface area contributed by atoms with Gasteiger partial charge in [0.05, 0.1) is 0 Å². The summed E-state index contributed by atoms with van der Waals surface area (Å²) in [4.78, 5) is 0. The lowest BCUT2D eigenvalue weighted by atomic mass is 10.9. The van der Waals surface area contributed by atoms with Gasteiger partial charge in [0.1, 0.15) is 0 Å². The summed E-state index contributed by atoms with van der Waals surface area (Å²) in [6.07, 6.45) is 0. The maximum atomic E-state index is 7.26. The van der Waals surface area contributed by atoms with Crippen molar-refractivity contribution in [3.05, 3.63) is 0 Å². The van der Waals surface area contributed by atoms with Gasteiger partial charge in [-0.05, 0) is 0 Å². The fraction of sp³-hybridized carbons (Fsp3) is 0. The Balaban J connectivity index is -0.0000000450. The molecule has 0 spiro atoms. The van der Waals surface area contributed by atoms with Gasteiger partial charge in [0.15, 0.2) is 12.1 Å². The Morgan fingerprint density at radius 3 is 1.17 bits per heavy atom. The zero-order valence-electron chi connectivity index (χ0n) is 2.80. The summed E-state index contributed by atoms with van der Waals surface area (Å²) in [5.41, 5.74) is 0. The Bertz CT molecular complexity index is 66.5. The number of hydrogen-bond acceptors (Lipinski definition) is 2. The molecule has 0 atom stereocenters. The zero-order valence-corrected chi connectivity index (χ0v) is 3.80. The molecule has 0 amide bonds. The third-order valence-corrected chi connectivity index (χ3v) is 0.0500. The minimum absolute atomic E-state index is 0. The van der Waals surface area contributed by atoms with E-state index in [-0.39, 0.29) is 18.2 Å². The molecular formula is C2H3FN2S. The van der Waals surface area contributed by atoms with Crippen LogP contribution in [0.5, 0.6) is 0 Å². The highest BCUT2D eigenvalue weighted by molar-refractivity contribution is 7.59. The van der Waals surface area contributed by atoms with Gasteiger partial charge in [-0.1, -0.05) is 0 Å². The molecule has 0 aliphatic heterocycles. The molecule has 0 bridgehead atoms. The van der Waals surface area contributed by atoms with Gasteiger partial charge in [-0.25, -0.2) is 0 Å². The molecule has 0 radical (unpaired) electrons. The third-order valence-electron chi connectivity index (χ3n) is 0.0500. The van der Waals surface area contributed by atoms with Gasteiger partial charge in [0, 0.05) is 0 Å². The van der Waals surface area contributed by atoms with E-state index < -0.39 is 0 Å². The van der Waals surface area contributed by atoms with Crippen LogP contribution < -0.4 is 0 Å². The van der Waals surface area contributed by atoms with Crippen LogP contribution in [0.3, 0.4) is 0 Å². The topological polar surface area (TPSA) is 47.6 Å². The van der Waals surface area contributed by atoms with E-state index in [1.165, 1.54) is 12.1 Å². The van der Waals surface area contributed by atoms with Gasteiger partial charge in [-0.3, -0.25) is 4.70 Å². The maximum Gasteiger partial charge on any atom is 0.181 e. The molecule has 0 heterocycles. The molecule has 0 rings (SSSR count). The Hall–Kier alpha value is -0.740. The Kier molecular flexibility index (Phi) is 88.8. The standard InChI is InChI=1S/C2N2.FH.H2S/c3-1-2-4;;/h;1H;1H2. The van der Waals surface area contributed by atoms with Crippen LogP contribution in [0.2, 0.25) is 0 Å². The van der Waals surface area contributed by atoms with Gasteiger partial charge in [0.25, 0.3) is 0 Å². The second-order valence-corrected chi connectivity index (χ2v) is 0.224. The van der Waals surface area contributed by atoms with E-state index >= 15 is 0 Å². The van der Waals surface area contributed by atoms with Gasteiger partial charge in [0.2, 0.25) is 0 Å². The SMILES string of the molecule is F.N#CC#N.S. The average molecular weight is 106 g/mol. The highest BCUT2D eigenvalue weighted by Crippen LogP contribution is 1.27. The first-order chi connectivity index (χ1) is 1.91. The molecular weight excluding hydrogens is 103 g/mol. The third kappa shape index (κ3) is 246. The molecule has 0 N–H and O–H groups in total. The summed E-state index contributed by atoms with van der Waals surface area (Å²) in [7, 11) is 0. The number of halogens is 1. The first-order valence-corrected chi connectivity index (χ1v) is 0.697. The van der Waals surface area contributed by atoms with E-state index in [0.717, 1.165) is 0 Å². The van der Waals surface area contributed by atoms with Crippen molar-refractivity contribution >= 4 is 13.5 Å². The second kappa shape index (κ2) is 28.5. The van der Waals surface area contributed by atoms with Gasteiger partial charge >= 0.3 is 0 Å². The lowest BCUT2D eigenvalue weighted by Gasteiger charge is -1.16. The number of nitrogens with zero attached hydrogens (tertiary/aromatic N) is 2. The molecule has 0 aromatic rings. The minimum atomic E-state index is 0. The fourth-order valence-electron chi connectivity index (χ4n) is 0. The van der Waals surface area contributed by atoms with E-state index in [0.29, 0.717) is 0 Å². The van der Waals surface area contributed by atoms with Crippen molar-refractivity contribution in [1.82, 2.24) is 0 Å². The Morgan fingerprint density at radius 1 is 1.00 bits per heavy atom. The normalized spacial score (nSPS) is 1.67. The van der Waals surface area contributed by atoms with Crippen LogP contribution >= 0.6 is 13.5 Å². The summed E-state index contributed by atoms with van der Waals surface area (Å²) >= 11 is 0. The number of rotatable bonds is 0. The van der Waals surface area contributed by atoms with Crippen LogP contribution in [0, 0.1) is 22.7 Å². The number of hydrogen-bond donors (Lipinski definition) is 0. The quantitative estimate of drug-likeness (QED) is 0.446. The maximum absolute atomic E-state index is 7.26. The molecule has 4 heteroatoms. The first-order valence-electron chi connectivity index (χ1n) is 0.697. The second-order valence-electron chi connectivity index (χ2n) is 0.224. The van der Waals surface area contributed by atoms with E-state index in [1.807, 2.05) is 0 Å². The molecule has 0 aliphatic carbocycles. The van der Waals surface area contributed by atoms with Crippen molar-refractivity contribution in [2.24, 2.45) is 0 Å². The molecule has 6 heavy (non-hydrogen) atoms. The lowest BCUT2D eigenvalue weighted by molar-refractivity contribution is 1.11. The van der Waals surface area contributed by atoms with Crippen molar-refractivity contribution in [3.63, 3.8) is 0 Å². The Morgan fingerprint density at radius 2 is 1.17 bits per heavy atom. The monoisotopic (exact) mass is 106 g/mol. The van der Waals surface area contributed by atoms with Crippen LogP contribution in [-0.2, 0) is 0 Å². The minimum Gasteiger partial charge on any atom is -0.269 e. The summed E-state index contributed by atoms with van der Waals surface area (Å²) in [5.74, 6) is 0. The van der Waals surface area contributed by atoms with Crippen molar-refractivity contribution < 1.29 is 4.70 Å². The van der Waals surface area contributed by atoms with Gasteiger partial charge in [-0.2, -0.15) is 24.0 Å². The lowest BCUT2D eigenvalue weighted by Crippen LogP contribution is -1.26. The smallest absolute Gasteiger partial charge is 0.181 e. The van der Waals surface area contributed by atoms with Crippen LogP contribution in [0.1, 0.15) is 0 Å². The van der Waals surface area contributed by atoms with E-state index in [4.69, 9.17) is 10.5 Å². The predicted molar refractivity (Wildman–Crippen MR) is 24.1 cm³/mol. The highest BCUT2D eigenvalue weighted by Gasteiger charge is 1.39. The molecule has 0 aliphatic rings. The summed E-state index contributed by atoms with van der Waals surface area (Å²) in [6, 6.07) is 2.47. The van der Waals surface area contributed by atoms with Crippen LogP contribution in [0.4, 0.5) is 4.70 Å². The van der Waals surface area contributed by atoms with Gasteiger partial charge < -0.3 is 0 Å². The summed E-state index contributed by atoms with van der Waals surface area (Å²) < 4.78 is 0. The molecule has 0 unspecified atom stereocenters. The van der Waals surface area contributed by atoms with Crippen LogP contribution in [0.25, 0.3) is 0 Å². The molecule has 0 aromatic heterocycles. The van der Waals surface area contributed by atoms with Crippen molar-refractivity contribution in [2.75, 3.05) is 0 Å². The van der Waals surface area contributed by atoms with Crippen LogP contribution in [0.15, 0.2) is 0 Å². The van der Waals surface area contributed by atoms with E-state index in [1.54, 1.807) is 0 Å². The predicted octanol–water partition coefficient (Wildman–Crippen LogP) is 0.299. The molecule has 0 saturated carbocycles. The molecule has 0 aromatic carbocycles. The summed E-state index contributed by atoms with van der Waals surface area (Å²) in [5, 5.41) is 14.5. The van der Waals surface area contributed by atoms with E-state index in [9.17, 15) is 0 Å². The van der Waals surface area contributed by atoms with Crippen molar-refractivity contribution in [3.8, 4) is 12.1 Å². The number of nitriles is 2. The largest absolute Gasteiger partial charge is 0.269 e. The average Bonchev–Trinajstić information content (AvgIpc) is 1.37. The zero-order chi connectivity index (χ0) is 3.41. The van der Waals surface area contributed by atoms with Gasteiger partial charge in [-0.15, -0.1) is 0 Å². The Labute approximate surface area is 41.8 Å². The molecule has 34 valence electrons. The molecule has 0 fully saturated rings. The molecule has 2 nitrogen and oxygen atoms in total. The first kappa shape index (κ1) is 18.7. The van der Waals surface area contributed by atoms with Crippen molar-refractivity contribution in [1.29, 1.82) is 10.5 Å². The van der Waals surface area contributed by atoms with Crippen LogP contribution in [-0.4, -0.2) is 0 Å². The van der Waals surface area contributed by atoms with E-state index in [2.05, 4.69) is 0 Å². The molecule has 0 saturated heterocycles.